The summed E-state index contributed by atoms with van der Waals surface area (Å²) in [5.41, 5.74) is 5.95. The number of hydrogen-bond acceptors (Lipinski definition) is 5. The van der Waals surface area contributed by atoms with Crippen LogP contribution < -0.4 is 10.6 Å². The molecule has 0 spiro atoms. The number of aromatic nitrogens is 1. The highest BCUT2D eigenvalue weighted by Gasteiger charge is 2.28. The lowest BCUT2D eigenvalue weighted by molar-refractivity contribution is 0.0641. The number of nitrogens with zero attached hydrogens (tertiary/aromatic N) is 3. The van der Waals surface area contributed by atoms with Gasteiger partial charge in [-0.25, -0.2) is 4.98 Å². The van der Waals surface area contributed by atoms with Crippen molar-refractivity contribution in [3.63, 3.8) is 0 Å². The third-order valence-electron chi connectivity index (χ3n) is 3.79. The van der Waals surface area contributed by atoms with Crippen molar-refractivity contribution >= 4 is 28.2 Å². The average Bonchev–Trinajstić information content (AvgIpc) is 2.81. The molecule has 1 atom stereocenters. The molecule has 0 aromatic carbocycles. The Morgan fingerprint density at radius 1 is 1.55 bits per heavy atom. The SMILES string of the molecule is CCCN(C)c1nc(N)c(C(=O)N2CCCCC2C)s1. The van der Waals surface area contributed by atoms with Crippen molar-refractivity contribution < 1.29 is 4.79 Å². The third-order valence-corrected chi connectivity index (χ3v) is 4.96. The van der Waals surface area contributed by atoms with Gasteiger partial charge >= 0.3 is 0 Å². The van der Waals surface area contributed by atoms with Crippen molar-refractivity contribution in [1.82, 2.24) is 9.88 Å². The lowest BCUT2D eigenvalue weighted by Crippen LogP contribution is -2.41. The van der Waals surface area contributed by atoms with Crippen LogP contribution in [0.2, 0.25) is 0 Å². The zero-order valence-electron chi connectivity index (χ0n) is 12.6. The molecule has 1 aromatic rings. The van der Waals surface area contributed by atoms with Crippen LogP contribution in [0.3, 0.4) is 0 Å². The Morgan fingerprint density at radius 3 is 2.95 bits per heavy atom. The molecule has 5 nitrogen and oxygen atoms in total. The highest BCUT2D eigenvalue weighted by Crippen LogP contribution is 2.30. The van der Waals surface area contributed by atoms with E-state index < -0.39 is 0 Å². The number of amides is 1. The highest BCUT2D eigenvalue weighted by atomic mass is 32.1. The fourth-order valence-electron chi connectivity index (χ4n) is 2.60. The van der Waals surface area contributed by atoms with Gasteiger partial charge in [-0.2, -0.15) is 0 Å². The molecular formula is C14H24N4OS. The van der Waals surface area contributed by atoms with E-state index in [2.05, 4.69) is 23.7 Å². The number of rotatable bonds is 4. The second-order valence-corrected chi connectivity index (χ2v) is 6.45. The van der Waals surface area contributed by atoms with Gasteiger partial charge in [-0.3, -0.25) is 4.79 Å². The average molecular weight is 296 g/mol. The molecule has 0 bridgehead atoms. The predicted octanol–water partition coefficient (Wildman–Crippen LogP) is 2.59. The van der Waals surface area contributed by atoms with E-state index in [-0.39, 0.29) is 5.91 Å². The molecule has 0 saturated carbocycles. The second kappa shape index (κ2) is 6.43. The molecule has 1 fully saturated rings. The smallest absolute Gasteiger partial charge is 0.268 e. The van der Waals surface area contributed by atoms with E-state index in [1.54, 1.807) is 0 Å². The second-order valence-electron chi connectivity index (χ2n) is 5.48. The van der Waals surface area contributed by atoms with Crippen molar-refractivity contribution in [3.05, 3.63) is 4.88 Å². The molecule has 1 aliphatic rings. The van der Waals surface area contributed by atoms with Gasteiger partial charge < -0.3 is 15.5 Å². The van der Waals surface area contributed by atoms with Crippen molar-refractivity contribution in [3.8, 4) is 0 Å². The lowest BCUT2D eigenvalue weighted by atomic mass is 10.0. The normalized spacial score (nSPS) is 19.1. The Bertz CT molecular complexity index is 474. The molecule has 6 heteroatoms. The van der Waals surface area contributed by atoms with Gasteiger partial charge in [0.05, 0.1) is 0 Å². The zero-order chi connectivity index (χ0) is 14.7. The van der Waals surface area contributed by atoms with E-state index in [1.165, 1.54) is 17.8 Å². The van der Waals surface area contributed by atoms with Crippen molar-refractivity contribution in [2.75, 3.05) is 30.8 Å². The van der Waals surface area contributed by atoms with Gasteiger partial charge in [0.15, 0.2) is 5.13 Å². The topological polar surface area (TPSA) is 62.5 Å². The fraction of sp³-hybridized carbons (Fsp3) is 0.714. The number of carbonyl (C=O) groups is 1. The summed E-state index contributed by atoms with van der Waals surface area (Å²) in [5.74, 6) is 0.416. The quantitative estimate of drug-likeness (QED) is 0.927. The Labute approximate surface area is 124 Å². The number of carbonyl (C=O) groups excluding carboxylic acids is 1. The molecule has 0 radical (unpaired) electrons. The summed E-state index contributed by atoms with van der Waals surface area (Å²) in [7, 11) is 1.99. The summed E-state index contributed by atoms with van der Waals surface area (Å²) < 4.78 is 0. The van der Waals surface area contributed by atoms with Crippen molar-refractivity contribution in [2.45, 2.75) is 45.6 Å². The van der Waals surface area contributed by atoms with Gasteiger partial charge in [-0.05, 0) is 32.6 Å². The van der Waals surface area contributed by atoms with E-state index >= 15 is 0 Å². The number of nitrogen functional groups attached to an aromatic ring is 1. The molecule has 0 aliphatic carbocycles. The number of likely N-dealkylation sites (tertiary alicyclic amines) is 1. The Hall–Kier alpha value is -1.30. The van der Waals surface area contributed by atoms with E-state index in [1.807, 2.05) is 11.9 Å². The molecule has 1 aromatic heterocycles. The first-order valence-corrected chi connectivity index (χ1v) is 8.14. The number of nitrogens with two attached hydrogens (primary N) is 1. The van der Waals surface area contributed by atoms with Crippen LogP contribution in [-0.4, -0.2) is 42.0 Å². The fourth-order valence-corrected chi connectivity index (χ4v) is 3.53. The molecule has 1 aliphatic heterocycles. The van der Waals surface area contributed by atoms with Gasteiger partial charge in [-0.1, -0.05) is 18.3 Å². The molecule has 2 N–H and O–H groups in total. The Kier molecular flexibility index (Phi) is 4.86. The first kappa shape index (κ1) is 15.1. The summed E-state index contributed by atoms with van der Waals surface area (Å²) in [6.07, 6.45) is 4.40. The van der Waals surface area contributed by atoms with Crippen LogP contribution in [-0.2, 0) is 0 Å². The maximum Gasteiger partial charge on any atom is 0.268 e. The molecule has 20 heavy (non-hydrogen) atoms. The van der Waals surface area contributed by atoms with Crippen LogP contribution in [0, 0.1) is 0 Å². The van der Waals surface area contributed by atoms with Crippen LogP contribution in [0.5, 0.6) is 0 Å². The van der Waals surface area contributed by atoms with Crippen LogP contribution in [0.1, 0.15) is 49.2 Å². The zero-order valence-corrected chi connectivity index (χ0v) is 13.4. The van der Waals surface area contributed by atoms with Crippen molar-refractivity contribution in [2.24, 2.45) is 0 Å². The summed E-state index contributed by atoms with van der Waals surface area (Å²) >= 11 is 1.41. The summed E-state index contributed by atoms with van der Waals surface area (Å²) in [6.45, 7) is 5.98. The van der Waals surface area contributed by atoms with Gasteiger partial charge in [0, 0.05) is 26.2 Å². The summed E-state index contributed by atoms with van der Waals surface area (Å²) in [4.78, 5) is 21.6. The predicted molar refractivity (Wildman–Crippen MR) is 84.4 cm³/mol. The van der Waals surface area contributed by atoms with Crippen LogP contribution >= 0.6 is 11.3 Å². The van der Waals surface area contributed by atoms with Gasteiger partial charge in [0.1, 0.15) is 10.7 Å². The minimum atomic E-state index is 0.0448. The molecule has 1 saturated heterocycles. The molecule has 112 valence electrons. The van der Waals surface area contributed by atoms with Gasteiger partial charge in [-0.15, -0.1) is 0 Å². The Morgan fingerprint density at radius 2 is 2.30 bits per heavy atom. The number of anilines is 2. The molecule has 1 unspecified atom stereocenters. The maximum absolute atomic E-state index is 12.6. The molecular weight excluding hydrogens is 272 g/mol. The van der Waals surface area contributed by atoms with Crippen molar-refractivity contribution in [1.29, 1.82) is 0 Å². The number of hydrogen-bond donors (Lipinski definition) is 1. The lowest BCUT2D eigenvalue weighted by Gasteiger charge is -2.33. The Balaban J connectivity index is 2.17. The van der Waals surface area contributed by atoms with E-state index in [4.69, 9.17) is 5.73 Å². The minimum absolute atomic E-state index is 0.0448. The number of piperidine rings is 1. The largest absolute Gasteiger partial charge is 0.382 e. The molecule has 2 heterocycles. The first-order valence-electron chi connectivity index (χ1n) is 7.33. The monoisotopic (exact) mass is 296 g/mol. The highest BCUT2D eigenvalue weighted by molar-refractivity contribution is 7.18. The van der Waals surface area contributed by atoms with E-state index in [9.17, 15) is 4.79 Å². The molecule has 2 rings (SSSR count). The van der Waals surface area contributed by atoms with E-state index in [0.29, 0.717) is 16.7 Å². The van der Waals surface area contributed by atoms with Crippen LogP contribution in [0.4, 0.5) is 10.9 Å². The number of thiazole rings is 1. The minimum Gasteiger partial charge on any atom is -0.382 e. The van der Waals surface area contributed by atoms with Crippen LogP contribution in [0.15, 0.2) is 0 Å². The van der Waals surface area contributed by atoms with Crippen LogP contribution in [0.25, 0.3) is 0 Å². The molecule has 1 amide bonds. The summed E-state index contributed by atoms with van der Waals surface area (Å²) in [6, 6.07) is 0.301. The third kappa shape index (κ3) is 3.06. The van der Waals surface area contributed by atoms with Gasteiger partial charge in [0.2, 0.25) is 0 Å². The standard InChI is InChI=1S/C14H24N4OS/c1-4-8-17(3)14-16-12(15)11(20-14)13(19)18-9-6-5-7-10(18)2/h10H,4-9,15H2,1-3H3. The van der Waals surface area contributed by atoms with E-state index in [0.717, 1.165) is 37.5 Å². The van der Waals surface area contributed by atoms with Gasteiger partial charge in [0.25, 0.3) is 5.91 Å². The first-order chi connectivity index (χ1) is 9.54. The maximum atomic E-state index is 12.6. The summed E-state index contributed by atoms with van der Waals surface area (Å²) in [5, 5.41) is 0.831.